The van der Waals surface area contributed by atoms with Crippen LogP contribution in [0.3, 0.4) is 0 Å². The van der Waals surface area contributed by atoms with Gasteiger partial charge in [-0.3, -0.25) is 0 Å². The average Bonchev–Trinajstić information content (AvgIpc) is 2.98. The van der Waals surface area contributed by atoms with E-state index in [0.717, 1.165) is 22.3 Å². The number of carbonyl (C=O) groups is 3. The molecule has 2 atom stereocenters. The summed E-state index contributed by atoms with van der Waals surface area (Å²) in [6, 6.07) is 22.0. The second kappa shape index (κ2) is 13.3. The Hall–Kier alpha value is -4.45. The number of hydrogen-bond donors (Lipinski definition) is 0. The Morgan fingerprint density at radius 2 is 0.978 bits per heavy atom. The highest BCUT2D eigenvalue weighted by Crippen LogP contribution is 2.54. The van der Waals surface area contributed by atoms with Crippen molar-refractivity contribution in [1.29, 1.82) is 0 Å². The quantitative estimate of drug-likeness (QED) is 0.306. The number of rotatable bonds is 12. The maximum atomic E-state index is 13.6. The van der Waals surface area contributed by atoms with Crippen molar-refractivity contribution in [1.82, 2.24) is 0 Å². The molecule has 3 aromatic rings. The molecule has 0 fully saturated rings. The minimum Gasteiger partial charge on any atom is -0.549 e. The predicted octanol–water partition coefficient (Wildman–Crippen LogP) is 4.17. The van der Waals surface area contributed by atoms with Crippen molar-refractivity contribution in [3.63, 3.8) is 0 Å². The molecule has 1 aliphatic carbocycles. The van der Waals surface area contributed by atoms with Crippen LogP contribution in [0, 0.1) is 10.8 Å². The molecular formula is C39H41O6-3. The maximum Gasteiger partial charge on any atom is 0.0687 e. The zero-order valence-electron chi connectivity index (χ0n) is 26.9. The average molecular weight is 606 g/mol. The van der Waals surface area contributed by atoms with Gasteiger partial charge >= 0.3 is 0 Å². The van der Waals surface area contributed by atoms with E-state index in [2.05, 4.69) is 13.8 Å². The van der Waals surface area contributed by atoms with Crippen LogP contribution in [0.5, 0.6) is 0 Å². The third-order valence-corrected chi connectivity index (χ3v) is 9.28. The number of carbonyl (C=O) groups excluding carboxylic acids is 3. The largest absolute Gasteiger partial charge is 0.549 e. The van der Waals surface area contributed by atoms with E-state index in [0.29, 0.717) is 11.1 Å². The van der Waals surface area contributed by atoms with Crippen LogP contribution in [0.15, 0.2) is 96.1 Å². The van der Waals surface area contributed by atoms with E-state index in [1.54, 1.807) is 24.3 Å². The van der Waals surface area contributed by atoms with Gasteiger partial charge in [-0.05, 0) is 81.5 Å². The molecule has 0 amide bonds. The van der Waals surface area contributed by atoms with E-state index in [4.69, 9.17) is 0 Å². The van der Waals surface area contributed by atoms with E-state index < -0.39 is 40.7 Å². The number of aliphatic carboxylic acids is 3. The normalized spacial score (nSPS) is 19.8. The molecule has 1 aliphatic rings. The van der Waals surface area contributed by atoms with Crippen LogP contribution in [-0.4, -0.2) is 17.9 Å². The van der Waals surface area contributed by atoms with E-state index in [1.165, 1.54) is 12.2 Å². The summed E-state index contributed by atoms with van der Waals surface area (Å²) in [4.78, 5) is 40.1. The summed E-state index contributed by atoms with van der Waals surface area (Å²) in [7, 11) is 0. The van der Waals surface area contributed by atoms with Crippen molar-refractivity contribution >= 4 is 17.9 Å². The highest BCUT2D eigenvalue weighted by Gasteiger charge is 2.57. The first-order valence-electron chi connectivity index (χ1n) is 15.6. The van der Waals surface area contributed by atoms with Gasteiger partial charge in [-0.15, -0.1) is 0 Å². The Morgan fingerprint density at radius 3 is 1.33 bits per heavy atom. The van der Waals surface area contributed by atoms with Crippen LogP contribution in [0.4, 0.5) is 0 Å². The van der Waals surface area contributed by atoms with Gasteiger partial charge < -0.3 is 29.7 Å². The molecule has 2 unspecified atom stereocenters. The molecule has 0 N–H and O–H groups in total. The van der Waals surface area contributed by atoms with Gasteiger partial charge in [-0.1, -0.05) is 126 Å². The molecule has 0 bridgehead atoms. The van der Waals surface area contributed by atoms with Crippen LogP contribution in [0.2, 0.25) is 0 Å². The summed E-state index contributed by atoms with van der Waals surface area (Å²) in [6.07, 6.45) is 2.01. The Kier molecular flexibility index (Phi) is 9.86. The number of carboxylic acid groups (broad SMARTS) is 3. The third-order valence-electron chi connectivity index (χ3n) is 9.28. The first-order valence-corrected chi connectivity index (χ1v) is 15.6. The fourth-order valence-electron chi connectivity index (χ4n) is 6.45. The molecular weight excluding hydrogens is 564 g/mol. The van der Waals surface area contributed by atoms with Crippen LogP contribution >= 0.6 is 0 Å². The second-order valence-corrected chi connectivity index (χ2v) is 13.2. The summed E-state index contributed by atoms with van der Waals surface area (Å²) in [5.41, 5.74) is -0.447. The lowest BCUT2D eigenvalue weighted by Crippen LogP contribution is -2.65. The summed E-state index contributed by atoms with van der Waals surface area (Å²) in [5.74, 6) is -4.54. The first-order chi connectivity index (χ1) is 21.2. The number of carboxylic acids is 3. The molecule has 45 heavy (non-hydrogen) atoms. The smallest absolute Gasteiger partial charge is 0.0687 e. The summed E-state index contributed by atoms with van der Waals surface area (Å²) in [5, 5.41) is 40.1. The first kappa shape index (κ1) is 33.4. The Balaban J connectivity index is 1.97. The Bertz CT molecular complexity index is 1610. The standard InChI is InChI=1S/C39H44O6/c1-24(2)30-13-7-27(8-14-30)21-33-19-20-38(36(42)43,22-28-9-15-31(16-10-28)25(3)4)39(37(44)45,34(33)35(40)41)23-29-11-17-32(18-12-29)26(5)6/h7-20,24-26H,21-23H2,1-6H3,(H,40,41)(H,42,43)(H,44,45)/p-3. The van der Waals surface area contributed by atoms with Crippen LogP contribution in [0.1, 0.15) is 92.7 Å². The molecule has 6 nitrogen and oxygen atoms in total. The van der Waals surface area contributed by atoms with Crippen molar-refractivity contribution < 1.29 is 29.7 Å². The minimum absolute atomic E-state index is 0.0612. The van der Waals surface area contributed by atoms with Crippen LogP contribution < -0.4 is 15.3 Å². The SMILES string of the molecule is CC(C)c1ccc(CC2=C(C(=O)[O-])C(Cc3ccc(C(C)C)cc3)(C(=O)[O-])C(Cc3ccc(C(C)C)cc3)(C(=O)[O-])C=C2)cc1. The van der Waals surface area contributed by atoms with E-state index in [-0.39, 0.29) is 36.2 Å². The molecule has 0 spiro atoms. The minimum atomic E-state index is -2.55. The number of hydrogen-bond acceptors (Lipinski definition) is 6. The van der Waals surface area contributed by atoms with Gasteiger partial charge in [0.25, 0.3) is 0 Å². The molecule has 236 valence electrons. The van der Waals surface area contributed by atoms with Gasteiger partial charge in [0.2, 0.25) is 0 Å². The van der Waals surface area contributed by atoms with E-state index in [1.807, 2.05) is 76.2 Å². The zero-order valence-corrected chi connectivity index (χ0v) is 26.9. The molecule has 3 aromatic carbocycles. The van der Waals surface area contributed by atoms with Crippen molar-refractivity contribution in [3.8, 4) is 0 Å². The van der Waals surface area contributed by atoms with Crippen LogP contribution in [-0.2, 0) is 33.6 Å². The van der Waals surface area contributed by atoms with Crippen LogP contribution in [0.25, 0.3) is 0 Å². The molecule has 4 rings (SSSR count). The summed E-state index contributed by atoms with van der Waals surface area (Å²) >= 11 is 0. The zero-order chi connectivity index (χ0) is 33.1. The molecule has 0 aliphatic heterocycles. The highest BCUT2D eigenvalue weighted by molar-refractivity contribution is 6.02. The van der Waals surface area contributed by atoms with Gasteiger partial charge in [0.05, 0.1) is 23.3 Å². The van der Waals surface area contributed by atoms with Gasteiger partial charge in [-0.2, -0.15) is 0 Å². The van der Waals surface area contributed by atoms with Gasteiger partial charge in [0, 0.05) is 5.41 Å². The third kappa shape index (κ3) is 6.51. The molecule has 0 heterocycles. The second-order valence-electron chi connectivity index (χ2n) is 13.2. The van der Waals surface area contributed by atoms with Crippen molar-refractivity contribution in [2.45, 2.75) is 78.6 Å². The molecule has 0 aromatic heterocycles. The monoisotopic (exact) mass is 605 g/mol. The van der Waals surface area contributed by atoms with Crippen molar-refractivity contribution in [2.75, 3.05) is 0 Å². The van der Waals surface area contributed by atoms with E-state index >= 15 is 0 Å². The van der Waals surface area contributed by atoms with Crippen molar-refractivity contribution in [2.24, 2.45) is 10.8 Å². The van der Waals surface area contributed by atoms with Gasteiger partial charge in [0.1, 0.15) is 0 Å². The lowest BCUT2D eigenvalue weighted by atomic mass is 9.52. The van der Waals surface area contributed by atoms with E-state index in [9.17, 15) is 29.7 Å². The molecule has 6 heteroatoms. The lowest BCUT2D eigenvalue weighted by Gasteiger charge is -2.55. The Morgan fingerprint density at radius 1 is 0.578 bits per heavy atom. The van der Waals surface area contributed by atoms with Gasteiger partial charge in [0.15, 0.2) is 0 Å². The number of allylic oxidation sites excluding steroid dienone is 2. The maximum absolute atomic E-state index is 13.6. The lowest BCUT2D eigenvalue weighted by molar-refractivity contribution is -0.341. The van der Waals surface area contributed by atoms with Gasteiger partial charge in [-0.25, -0.2) is 0 Å². The highest BCUT2D eigenvalue weighted by atomic mass is 16.4. The predicted molar refractivity (Wildman–Crippen MR) is 169 cm³/mol. The molecule has 0 saturated carbocycles. The summed E-state index contributed by atoms with van der Waals surface area (Å²) in [6.45, 7) is 12.2. The fraction of sp³-hybridized carbons (Fsp3) is 0.359. The fourth-order valence-corrected chi connectivity index (χ4v) is 6.45. The molecule has 0 radical (unpaired) electrons. The molecule has 0 saturated heterocycles. The number of benzene rings is 3. The Labute approximate surface area is 266 Å². The van der Waals surface area contributed by atoms with Crippen molar-refractivity contribution in [3.05, 3.63) is 129 Å². The topological polar surface area (TPSA) is 120 Å². The summed E-state index contributed by atoms with van der Waals surface area (Å²) < 4.78 is 0.